The molecule has 1 heterocycles. The Bertz CT molecular complexity index is 712. The van der Waals surface area contributed by atoms with Gasteiger partial charge in [-0.25, -0.2) is 9.78 Å². The second-order valence-electron chi connectivity index (χ2n) is 5.41. The van der Waals surface area contributed by atoms with E-state index in [1.54, 1.807) is 6.92 Å². The number of rotatable bonds is 7. The molecule has 0 atom stereocenters. The van der Waals surface area contributed by atoms with E-state index in [1.165, 1.54) is 11.3 Å². The third kappa shape index (κ3) is 5.03. The Morgan fingerprint density at radius 3 is 2.40 bits per heavy atom. The summed E-state index contributed by atoms with van der Waals surface area (Å²) in [6, 6.07) is 9.54. The molecule has 2 amide bonds. The number of carbonyl (C=O) groups excluding carboxylic acids is 2. The fourth-order valence-electron chi connectivity index (χ4n) is 2.38. The summed E-state index contributed by atoms with van der Waals surface area (Å²) in [6.07, 6.45) is 0.986. The molecule has 0 unspecified atom stereocenters. The molecule has 7 heteroatoms. The summed E-state index contributed by atoms with van der Waals surface area (Å²) < 4.78 is 4.88. The van der Waals surface area contributed by atoms with E-state index in [1.807, 2.05) is 44.2 Å². The van der Waals surface area contributed by atoms with Gasteiger partial charge in [-0.05, 0) is 19.8 Å². The molecule has 0 aliphatic rings. The lowest BCUT2D eigenvalue weighted by molar-refractivity contribution is -0.120. The van der Waals surface area contributed by atoms with Gasteiger partial charge < -0.3 is 10.1 Å². The zero-order valence-corrected chi connectivity index (χ0v) is 15.5. The zero-order chi connectivity index (χ0) is 18.2. The summed E-state index contributed by atoms with van der Waals surface area (Å²) in [6.45, 7) is 6.00. The molecule has 2 N–H and O–H groups in total. The molecule has 0 fully saturated rings. The molecular weight excluding hydrogens is 338 g/mol. The Kier molecular flexibility index (Phi) is 6.94. The number of nitrogens with zero attached hydrogens (tertiary/aromatic N) is 1. The smallest absolute Gasteiger partial charge is 0.413 e. The van der Waals surface area contributed by atoms with Crippen LogP contribution in [0.4, 0.5) is 14.9 Å². The van der Waals surface area contributed by atoms with Crippen LogP contribution in [-0.4, -0.2) is 23.6 Å². The number of hydrogen-bond acceptors (Lipinski definition) is 5. The van der Waals surface area contributed by atoms with Crippen LogP contribution < -0.4 is 10.6 Å². The van der Waals surface area contributed by atoms with Gasteiger partial charge in [-0.1, -0.05) is 55.5 Å². The first kappa shape index (κ1) is 18.9. The molecule has 0 bridgehead atoms. The van der Waals surface area contributed by atoms with E-state index < -0.39 is 6.09 Å². The Balaban J connectivity index is 2.30. The Morgan fingerprint density at radius 2 is 1.80 bits per heavy atom. The van der Waals surface area contributed by atoms with Crippen molar-refractivity contribution in [1.29, 1.82) is 0 Å². The number of amides is 2. The van der Waals surface area contributed by atoms with Crippen molar-refractivity contribution in [3.8, 4) is 11.3 Å². The van der Waals surface area contributed by atoms with Crippen molar-refractivity contribution in [2.24, 2.45) is 5.92 Å². The molecule has 0 saturated heterocycles. The van der Waals surface area contributed by atoms with Crippen LogP contribution in [0.15, 0.2) is 30.3 Å². The van der Waals surface area contributed by atoms with Crippen LogP contribution in [0.25, 0.3) is 11.3 Å². The molecule has 6 nitrogen and oxygen atoms in total. The molecule has 0 radical (unpaired) electrons. The monoisotopic (exact) mass is 361 g/mol. The second-order valence-corrected chi connectivity index (χ2v) is 6.41. The number of aromatic nitrogens is 1. The van der Waals surface area contributed by atoms with Crippen molar-refractivity contribution < 1.29 is 14.3 Å². The van der Waals surface area contributed by atoms with E-state index in [2.05, 4.69) is 15.6 Å². The van der Waals surface area contributed by atoms with Crippen LogP contribution in [0.2, 0.25) is 0 Å². The Hall–Kier alpha value is -2.41. The van der Waals surface area contributed by atoms with E-state index in [0.29, 0.717) is 15.8 Å². The minimum Gasteiger partial charge on any atom is -0.450 e. The standard InChI is InChI=1S/C18H23N3O3S/c1-4-12(5-2)15(22)20-16-14(13-10-8-7-9-11-13)19-17(25-16)21-18(23)24-6-3/h7-12H,4-6H2,1-3H3,(H,20,22)(H,19,21,23). The quantitative estimate of drug-likeness (QED) is 0.745. The van der Waals surface area contributed by atoms with Crippen molar-refractivity contribution in [3.05, 3.63) is 30.3 Å². The largest absolute Gasteiger partial charge is 0.450 e. The molecule has 25 heavy (non-hydrogen) atoms. The zero-order valence-electron chi connectivity index (χ0n) is 14.7. The van der Waals surface area contributed by atoms with Crippen LogP contribution in [0.3, 0.4) is 0 Å². The van der Waals surface area contributed by atoms with Gasteiger partial charge in [-0.2, -0.15) is 0 Å². The van der Waals surface area contributed by atoms with Gasteiger partial charge in [0, 0.05) is 11.5 Å². The average molecular weight is 361 g/mol. The molecule has 0 aliphatic heterocycles. The molecule has 0 spiro atoms. The van der Waals surface area contributed by atoms with Crippen LogP contribution in [0.1, 0.15) is 33.6 Å². The lowest BCUT2D eigenvalue weighted by Gasteiger charge is -2.12. The normalized spacial score (nSPS) is 10.6. The summed E-state index contributed by atoms with van der Waals surface area (Å²) in [7, 11) is 0. The average Bonchev–Trinajstić information content (AvgIpc) is 2.99. The molecule has 0 saturated carbocycles. The van der Waals surface area contributed by atoms with Gasteiger partial charge in [0.25, 0.3) is 0 Å². The van der Waals surface area contributed by atoms with Crippen molar-refractivity contribution >= 4 is 33.5 Å². The molecule has 0 aliphatic carbocycles. The molecule has 2 rings (SSSR count). The summed E-state index contributed by atoms with van der Waals surface area (Å²) in [5.74, 6) is -0.0827. The number of hydrogen-bond donors (Lipinski definition) is 2. The Labute approximate surface area is 151 Å². The maximum absolute atomic E-state index is 12.4. The van der Waals surface area contributed by atoms with Crippen molar-refractivity contribution in [1.82, 2.24) is 4.98 Å². The fourth-order valence-corrected chi connectivity index (χ4v) is 3.25. The van der Waals surface area contributed by atoms with Crippen LogP contribution >= 0.6 is 11.3 Å². The topological polar surface area (TPSA) is 80.3 Å². The summed E-state index contributed by atoms with van der Waals surface area (Å²) >= 11 is 1.22. The SMILES string of the molecule is CCOC(=O)Nc1nc(-c2ccccc2)c(NC(=O)C(CC)CC)s1. The number of thiazole rings is 1. The second kappa shape index (κ2) is 9.17. The highest BCUT2D eigenvalue weighted by atomic mass is 32.1. The predicted octanol–water partition coefficient (Wildman–Crippen LogP) is 4.75. The van der Waals surface area contributed by atoms with Gasteiger partial charge in [0.15, 0.2) is 5.13 Å². The van der Waals surface area contributed by atoms with Crippen molar-refractivity contribution in [2.45, 2.75) is 33.6 Å². The maximum atomic E-state index is 12.4. The van der Waals surface area contributed by atoms with Gasteiger partial charge in [-0.15, -0.1) is 0 Å². The van der Waals surface area contributed by atoms with Gasteiger partial charge in [0.1, 0.15) is 10.7 Å². The summed E-state index contributed by atoms with van der Waals surface area (Å²) in [4.78, 5) is 28.5. The first-order chi connectivity index (χ1) is 12.1. The van der Waals surface area contributed by atoms with E-state index >= 15 is 0 Å². The van der Waals surface area contributed by atoms with Crippen molar-refractivity contribution in [3.63, 3.8) is 0 Å². The minimum absolute atomic E-state index is 0.0338. The lowest BCUT2D eigenvalue weighted by Crippen LogP contribution is -2.21. The summed E-state index contributed by atoms with van der Waals surface area (Å²) in [5.41, 5.74) is 1.51. The highest BCUT2D eigenvalue weighted by Crippen LogP contribution is 2.36. The number of anilines is 2. The Morgan fingerprint density at radius 1 is 1.12 bits per heavy atom. The third-order valence-electron chi connectivity index (χ3n) is 3.75. The fraction of sp³-hybridized carbons (Fsp3) is 0.389. The molecule has 2 aromatic rings. The minimum atomic E-state index is -0.561. The van der Waals surface area contributed by atoms with E-state index in [0.717, 1.165) is 18.4 Å². The van der Waals surface area contributed by atoms with E-state index in [-0.39, 0.29) is 18.4 Å². The molecule has 1 aromatic heterocycles. The first-order valence-electron chi connectivity index (χ1n) is 8.39. The number of benzene rings is 1. The number of nitrogens with one attached hydrogen (secondary N) is 2. The molecule has 134 valence electrons. The van der Waals surface area contributed by atoms with Crippen LogP contribution in [0.5, 0.6) is 0 Å². The first-order valence-corrected chi connectivity index (χ1v) is 9.21. The van der Waals surface area contributed by atoms with Crippen molar-refractivity contribution in [2.75, 3.05) is 17.2 Å². The van der Waals surface area contributed by atoms with Gasteiger partial charge in [-0.3, -0.25) is 10.1 Å². The van der Waals surface area contributed by atoms with Gasteiger partial charge in [0.05, 0.1) is 6.61 Å². The number of ether oxygens (including phenoxy) is 1. The molecular formula is C18H23N3O3S. The highest BCUT2D eigenvalue weighted by molar-refractivity contribution is 7.20. The maximum Gasteiger partial charge on any atom is 0.413 e. The highest BCUT2D eigenvalue weighted by Gasteiger charge is 2.20. The number of carbonyl (C=O) groups is 2. The van der Waals surface area contributed by atoms with Gasteiger partial charge in [0.2, 0.25) is 5.91 Å². The van der Waals surface area contributed by atoms with E-state index in [4.69, 9.17) is 4.74 Å². The van der Waals surface area contributed by atoms with Gasteiger partial charge >= 0.3 is 6.09 Å². The van der Waals surface area contributed by atoms with Crippen LogP contribution in [-0.2, 0) is 9.53 Å². The van der Waals surface area contributed by atoms with Crippen LogP contribution in [0, 0.1) is 5.92 Å². The summed E-state index contributed by atoms with van der Waals surface area (Å²) in [5, 5.41) is 6.57. The molecule has 1 aromatic carbocycles. The third-order valence-corrected chi connectivity index (χ3v) is 4.64. The predicted molar refractivity (Wildman–Crippen MR) is 101 cm³/mol. The van der Waals surface area contributed by atoms with E-state index in [9.17, 15) is 9.59 Å². The lowest BCUT2D eigenvalue weighted by atomic mass is 10.0.